The Kier molecular flexibility index (Phi) is 3.25. The number of hydrogen-bond donors (Lipinski definition) is 1. The molecule has 2 N–H and O–H groups in total. The van der Waals surface area contributed by atoms with Crippen LogP contribution in [0.5, 0.6) is 0 Å². The van der Waals surface area contributed by atoms with Crippen molar-refractivity contribution in [2.24, 2.45) is 5.73 Å². The highest BCUT2D eigenvalue weighted by molar-refractivity contribution is 5.82. The highest BCUT2D eigenvalue weighted by Gasteiger charge is 2.35. The SMILES string of the molecule is CC(C)N1CCC(N)C1c1cccc2cccnc12. The Morgan fingerprint density at radius 3 is 2.84 bits per heavy atom. The molecule has 0 aliphatic carbocycles. The molecular formula is C16H21N3. The predicted octanol–water partition coefficient (Wildman–Crippen LogP) is 2.72. The molecule has 3 nitrogen and oxygen atoms in total. The minimum atomic E-state index is 0.204. The largest absolute Gasteiger partial charge is 0.326 e. The minimum Gasteiger partial charge on any atom is -0.326 e. The first-order valence-electron chi connectivity index (χ1n) is 7.03. The van der Waals surface area contributed by atoms with Gasteiger partial charge in [-0.1, -0.05) is 24.3 Å². The van der Waals surface area contributed by atoms with Gasteiger partial charge in [0.05, 0.1) is 11.6 Å². The molecule has 100 valence electrons. The van der Waals surface area contributed by atoms with Crippen LogP contribution in [-0.2, 0) is 0 Å². The van der Waals surface area contributed by atoms with Crippen LogP contribution in [0.25, 0.3) is 10.9 Å². The summed E-state index contributed by atoms with van der Waals surface area (Å²) in [7, 11) is 0. The van der Waals surface area contributed by atoms with E-state index in [1.54, 1.807) is 0 Å². The number of fused-ring (bicyclic) bond motifs is 1. The van der Waals surface area contributed by atoms with E-state index in [0.29, 0.717) is 12.1 Å². The Bertz CT molecular complexity index is 574. The molecule has 3 heteroatoms. The summed E-state index contributed by atoms with van der Waals surface area (Å²) in [6.45, 7) is 5.56. The Morgan fingerprint density at radius 1 is 1.26 bits per heavy atom. The van der Waals surface area contributed by atoms with Gasteiger partial charge in [-0.05, 0) is 31.9 Å². The van der Waals surface area contributed by atoms with Crippen molar-refractivity contribution in [2.45, 2.75) is 38.4 Å². The number of benzene rings is 1. The quantitative estimate of drug-likeness (QED) is 0.897. The average molecular weight is 255 g/mol. The van der Waals surface area contributed by atoms with Gasteiger partial charge < -0.3 is 5.73 Å². The van der Waals surface area contributed by atoms with E-state index in [0.717, 1.165) is 18.5 Å². The van der Waals surface area contributed by atoms with Gasteiger partial charge in [0.1, 0.15) is 0 Å². The number of nitrogens with zero attached hydrogens (tertiary/aromatic N) is 2. The molecule has 19 heavy (non-hydrogen) atoms. The van der Waals surface area contributed by atoms with Crippen molar-refractivity contribution in [3.05, 3.63) is 42.1 Å². The van der Waals surface area contributed by atoms with Gasteiger partial charge in [-0.15, -0.1) is 0 Å². The number of likely N-dealkylation sites (tertiary alicyclic amines) is 1. The van der Waals surface area contributed by atoms with Gasteiger partial charge in [-0.2, -0.15) is 0 Å². The fourth-order valence-electron chi connectivity index (χ4n) is 3.20. The van der Waals surface area contributed by atoms with E-state index in [1.165, 1.54) is 10.9 Å². The molecule has 3 rings (SSSR count). The fraction of sp³-hybridized carbons (Fsp3) is 0.438. The van der Waals surface area contributed by atoms with Crippen LogP contribution < -0.4 is 5.73 Å². The molecule has 1 aliphatic rings. The van der Waals surface area contributed by atoms with Gasteiger partial charge in [-0.25, -0.2) is 0 Å². The first-order chi connectivity index (χ1) is 9.18. The van der Waals surface area contributed by atoms with Crippen LogP contribution in [0, 0.1) is 0 Å². The van der Waals surface area contributed by atoms with E-state index in [9.17, 15) is 0 Å². The third-order valence-corrected chi connectivity index (χ3v) is 4.13. The summed E-state index contributed by atoms with van der Waals surface area (Å²) in [4.78, 5) is 7.07. The van der Waals surface area contributed by atoms with Crippen molar-refractivity contribution < 1.29 is 0 Å². The van der Waals surface area contributed by atoms with E-state index < -0.39 is 0 Å². The van der Waals surface area contributed by atoms with Crippen LogP contribution >= 0.6 is 0 Å². The molecule has 0 saturated carbocycles. The second-order valence-corrected chi connectivity index (χ2v) is 5.65. The van der Waals surface area contributed by atoms with E-state index in [2.05, 4.69) is 48.0 Å². The lowest BCUT2D eigenvalue weighted by Crippen LogP contribution is -2.36. The molecule has 2 unspecified atom stereocenters. The smallest absolute Gasteiger partial charge is 0.0750 e. The zero-order chi connectivity index (χ0) is 13.4. The summed E-state index contributed by atoms with van der Waals surface area (Å²) in [6, 6.07) is 11.5. The molecule has 2 atom stereocenters. The zero-order valence-electron chi connectivity index (χ0n) is 11.6. The zero-order valence-corrected chi connectivity index (χ0v) is 11.6. The summed E-state index contributed by atoms with van der Waals surface area (Å²) in [5.41, 5.74) is 8.73. The molecule has 1 saturated heterocycles. The van der Waals surface area contributed by atoms with Crippen molar-refractivity contribution in [1.82, 2.24) is 9.88 Å². The molecule has 0 spiro atoms. The summed E-state index contributed by atoms with van der Waals surface area (Å²) in [5.74, 6) is 0. The molecule has 1 aliphatic heterocycles. The second kappa shape index (κ2) is 4.91. The highest BCUT2D eigenvalue weighted by atomic mass is 15.2. The Hall–Kier alpha value is -1.45. The van der Waals surface area contributed by atoms with Gasteiger partial charge in [0, 0.05) is 30.2 Å². The molecule has 1 aromatic carbocycles. The Labute approximate surface area is 114 Å². The molecule has 0 amide bonds. The summed E-state index contributed by atoms with van der Waals surface area (Å²) >= 11 is 0. The number of rotatable bonds is 2. The number of pyridine rings is 1. The standard InChI is InChI=1S/C16H21N3/c1-11(2)19-10-8-14(17)16(19)13-7-3-5-12-6-4-9-18-15(12)13/h3-7,9,11,14,16H,8,10,17H2,1-2H3. The fourth-order valence-corrected chi connectivity index (χ4v) is 3.20. The number of para-hydroxylation sites is 1. The van der Waals surface area contributed by atoms with Crippen LogP contribution in [0.1, 0.15) is 31.9 Å². The van der Waals surface area contributed by atoms with Crippen LogP contribution in [0.3, 0.4) is 0 Å². The van der Waals surface area contributed by atoms with Crippen molar-refractivity contribution in [3.8, 4) is 0 Å². The van der Waals surface area contributed by atoms with Crippen LogP contribution in [-0.4, -0.2) is 28.5 Å². The molecule has 1 fully saturated rings. The van der Waals surface area contributed by atoms with E-state index in [4.69, 9.17) is 5.73 Å². The van der Waals surface area contributed by atoms with Gasteiger partial charge in [0.15, 0.2) is 0 Å². The lowest BCUT2D eigenvalue weighted by atomic mass is 9.97. The lowest BCUT2D eigenvalue weighted by molar-refractivity contribution is 0.199. The maximum Gasteiger partial charge on any atom is 0.0750 e. The Balaban J connectivity index is 2.12. The lowest BCUT2D eigenvalue weighted by Gasteiger charge is -2.30. The molecule has 0 bridgehead atoms. The molecule has 2 aromatic rings. The van der Waals surface area contributed by atoms with Crippen LogP contribution in [0.2, 0.25) is 0 Å². The number of aromatic nitrogens is 1. The van der Waals surface area contributed by atoms with E-state index in [1.807, 2.05) is 12.3 Å². The highest BCUT2D eigenvalue weighted by Crippen LogP contribution is 2.35. The molecule has 1 aromatic heterocycles. The third-order valence-electron chi connectivity index (χ3n) is 4.13. The Morgan fingerprint density at radius 2 is 2.05 bits per heavy atom. The summed E-state index contributed by atoms with van der Waals surface area (Å²) in [6.07, 6.45) is 2.93. The maximum absolute atomic E-state index is 6.36. The molecular weight excluding hydrogens is 234 g/mol. The second-order valence-electron chi connectivity index (χ2n) is 5.65. The van der Waals surface area contributed by atoms with Crippen molar-refractivity contribution >= 4 is 10.9 Å². The predicted molar refractivity (Wildman–Crippen MR) is 78.9 cm³/mol. The first kappa shape index (κ1) is 12.6. The van der Waals surface area contributed by atoms with E-state index >= 15 is 0 Å². The van der Waals surface area contributed by atoms with Crippen molar-refractivity contribution in [2.75, 3.05) is 6.54 Å². The maximum atomic E-state index is 6.36. The summed E-state index contributed by atoms with van der Waals surface area (Å²) in [5, 5.41) is 1.20. The topological polar surface area (TPSA) is 42.1 Å². The van der Waals surface area contributed by atoms with Crippen LogP contribution in [0.15, 0.2) is 36.5 Å². The number of nitrogens with two attached hydrogens (primary N) is 1. The average Bonchev–Trinajstić information content (AvgIpc) is 2.80. The first-order valence-corrected chi connectivity index (χ1v) is 7.03. The van der Waals surface area contributed by atoms with Gasteiger partial charge in [0.2, 0.25) is 0 Å². The molecule has 2 heterocycles. The normalized spacial score (nSPS) is 24.4. The minimum absolute atomic E-state index is 0.204. The number of hydrogen-bond acceptors (Lipinski definition) is 3. The third kappa shape index (κ3) is 2.13. The van der Waals surface area contributed by atoms with Crippen molar-refractivity contribution in [1.29, 1.82) is 0 Å². The van der Waals surface area contributed by atoms with Gasteiger partial charge in [0.25, 0.3) is 0 Å². The van der Waals surface area contributed by atoms with Crippen LogP contribution in [0.4, 0.5) is 0 Å². The van der Waals surface area contributed by atoms with E-state index in [-0.39, 0.29) is 6.04 Å². The summed E-state index contributed by atoms with van der Waals surface area (Å²) < 4.78 is 0. The van der Waals surface area contributed by atoms with Gasteiger partial charge in [-0.3, -0.25) is 9.88 Å². The monoisotopic (exact) mass is 255 g/mol. The van der Waals surface area contributed by atoms with Gasteiger partial charge >= 0.3 is 0 Å². The molecule has 0 radical (unpaired) electrons. The van der Waals surface area contributed by atoms with Crippen molar-refractivity contribution in [3.63, 3.8) is 0 Å².